The normalized spacial score (nSPS) is 11.4. The quantitative estimate of drug-likeness (QED) is 0.131. The van der Waals surface area contributed by atoms with Crippen molar-refractivity contribution in [3.8, 4) is 17.2 Å². The molecule has 0 aliphatic carbocycles. The van der Waals surface area contributed by atoms with E-state index in [1.165, 1.54) is 25.5 Å². The smallest absolute Gasteiger partial charge is 0.339 e. The molecule has 0 unspecified atom stereocenters. The molecule has 1 heterocycles. The number of rotatable bonds is 8. The van der Waals surface area contributed by atoms with Gasteiger partial charge in [0.2, 0.25) is 0 Å². The van der Waals surface area contributed by atoms with Gasteiger partial charge in [0.15, 0.2) is 11.5 Å². The Morgan fingerprint density at radius 2 is 1.72 bits per heavy atom. The number of carbonyl (C=O) groups excluding carboxylic acids is 1. The second-order valence-electron chi connectivity index (χ2n) is 7.69. The van der Waals surface area contributed by atoms with Crippen molar-refractivity contribution in [2.75, 3.05) is 7.11 Å². The number of nitrogens with one attached hydrogen (secondary N) is 1. The fourth-order valence-electron chi connectivity index (χ4n) is 3.37. The number of benzene rings is 3. The topological polar surface area (TPSA) is 99.0 Å². The van der Waals surface area contributed by atoms with Crippen LogP contribution in [0.25, 0.3) is 5.69 Å². The fraction of sp³-hybridized carbons (Fsp3) is 0.0769. The second-order valence-corrected chi connectivity index (χ2v) is 10.4. The van der Waals surface area contributed by atoms with Gasteiger partial charge in [0.1, 0.15) is 4.90 Å². The van der Waals surface area contributed by atoms with Gasteiger partial charge in [-0.15, -0.1) is 0 Å². The third kappa shape index (κ3) is 5.77. The molecule has 3 aromatic carbocycles. The van der Waals surface area contributed by atoms with Crippen molar-refractivity contribution >= 4 is 44.8 Å². The molecular formula is C26H22IN3O5S. The number of methoxy groups -OCH3 is 1. The predicted molar refractivity (Wildman–Crippen MR) is 146 cm³/mol. The van der Waals surface area contributed by atoms with Crippen LogP contribution >= 0.6 is 22.6 Å². The molecule has 1 N–H and O–H groups in total. The number of ether oxygens (including phenoxy) is 1. The number of aromatic nitrogens is 1. The highest BCUT2D eigenvalue weighted by Gasteiger charge is 2.22. The van der Waals surface area contributed by atoms with Gasteiger partial charge in [-0.2, -0.15) is 13.5 Å². The first-order chi connectivity index (χ1) is 17.3. The summed E-state index contributed by atoms with van der Waals surface area (Å²) >= 11 is 1.96. The maximum atomic E-state index is 12.8. The first-order valence-electron chi connectivity index (χ1n) is 10.7. The standard InChI is InChI=1S/C26H22IN3O5S/c1-18-9-11-20(12-10-18)36(32,33)35-25-22(27)15-19(16-24(25)34-2)17-28-29-26(31)21-7-3-4-8-23(21)30-13-5-6-14-30/h3-17H,1-2H3,(H,29,31)/b28-17+. The molecule has 0 aliphatic rings. The number of hydrazone groups is 1. The van der Waals surface area contributed by atoms with Crippen LogP contribution < -0.4 is 14.3 Å². The van der Waals surface area contributed by atoms with Crippen LogP contribution in [0.4, 0.5) is 0 Å². The lowest BCUT2D eigenvalue weighted by Crippen LogP contribution is -2.19. The van der Waals surface area contributed by atoms with E-state index in [9.17, 15) is 13.2 Å². The summed E-state index contributed by atoms with van der Waals surface area (Å²) in [5, 5.41) is 4.07. The van der Waals surface area contributed by atoms with Gasteiger partial charge in [-0.1, -0.05) is 29.8 Å². The largest absolute Gasteiger partial charge is 0.493 e. The highest BCUT2D eigenvalue weighted by atomic mass is 127. The Labute approximate surface area is 222 Å². The minimum absolute atomic E-state index is 0.0412. The molecule has 1 amide bonds. The average Bonchev–Trinajstić information content (AvgIpc) is 3.40. The van der Waals surface area contributed by atoms with Crippen molar-refractivity contribution in [2.45, 2.75) is 11.8 Å². The molecule has 4 rings (SSSR count). The van der Waals surface area contributed by atoms with Gasteiger partial charge in [0.25, 0.3) is 5.91 Å². The highest BCUT2D eigenvalue weighted by Crippen LogP contribution is 2.35. The number of amides is 1. The van der Waals surface area contributed by atoms with Gasteiger partial charge in [-0.05, 0) is 83.6 Å². The summed E-state index contributed by atoms with van der Waals surface area (Å²) in [4.78, 5) is 12.8. The lowest BCUT2D eigenvalue weighted by molar-refractivity contribution is 0.0955. The molecule has 36 heavy (non-hydrogen) atoms. The van der Waals surface area contributed by atoms with E-state index in [4.69, 9.17) is 8.92 Å². The fourth-order valence-corrected chi connectivity index (χ4v) is 5.21. The molecule has 10 heteroatoms. The van der Waals surface area contributed by atoms with Gasteiger partial charge >= 0.3 is 10.1 Å². The first kappa shape index (κ1) is 25.5. The summed E-state index contributed by atoms with van der Waals surface area (Å²) in [6.07, 6.45) is 5.15. The Hall–Kier alpha value is -3.64. The number of aryl methyl sites for hydroxylation is 1. The molecule has 0 saturated carbocycles. The molecular weight excluding hydrogens is 593 g/mol. The van der Waals surface area contributed by atoms with E-state index in [-0.39, 0.29) is 22.3 Å². The zero-order valence-electron chi connectivity index (χ0n) is 19.4. The molecule has 0 atom stereocenters. The maximum Gasteiger partial charge on any atom is 0.339 e. The third-order valence-corrected chi connectivity index (χ3v) is 7.20. The summed E-state index contributed by atoms with van der Waals surface area (Å²) in [5.41, 5.74) is 5.23. The van der Waals surface area contributed by atoms with Gasteiger partial charge in [0, 0.05) is 12.4 Å². The third-order valence-electron chi connectivity index (χ3n) is 5.17. The minimum atomic E-state index is -4.06. The van der Waals surface area contributed by atoms with Crippen LogP contribution in [0.3, 0.4) is 0 Å². The SMILES string of the molecule is COc1cc(/C=N/NC(=O)c2ccccc2-n2cccc2)cc(I)c1OS(=O)(=O)c1ccc(C)cc1. The van der Waals surface area contributed by atoms with Crippen molar-refractivity contribution < 1.29 is 22.1 Å². The molecule has 0 aliphatic heterocycles. The molecule has 8 nitrogen and oxygen atoms in total. The first-order valence-corrected chi connectivity index (χ1v) is 13.2. The number of carbonyl (C=O) groups is 1. The Kier molecular flexibility index (Phi) is 7.75. The van der Waals surface area contributed by atoms with E-state index in [2.05, 4.69) is 10.5 Å². The van der Waals surface area contributed by atoms with Gasteiger partial charge in [0.05, 0.1) is 28.1 Å². The Morgan fingerprint density at radius 3 is 2.42 bits per heavy atom. The van der Waals surface area contributed by atoms with E-state index in [1.54, 1.807) is 36.4 Å². The molecule has 0 spiro atoms. The van der Waals surface area contributed by atoms with Crippen LogP contribution in [-0.2, 0) is 10.1 Å². The summed E-state index contributed by atoms with van der Waals surface area (Å²) in [5.74, 6) is -0.0924. The number of halogens is 1. The number of hydrogen-bond donors (Lipinski definition) is 1. The number of hydrogen-bond acceptors (Lipinski definition) is 6. The zero-order valence-corrected chi connectivity index (χ0v) is 22.4. The molecule has 1 aromatic heterocycles. The molecule has 184 valence electrons. The van der Waals surface area contributed by atoms with E-state index >= 15 is 0 Å². The van der Waals surface area contributed by atoms with Crippen molar-refractivity contribution in [3.63, 3.8) is 0 Å². The summed E-state index contributed by atoms with van der Waals surface area (Å²) < 4.78 is 38.6. The molecule has 4 aromatic rings. The molecule has 0 saturated heterocycles. The second kappa shape index (κ2) is 11.0. The Bertz CT molecular complexity index is 1520. The zero-order chi connectivity index (χ0) is 25.7. The van der Waals surface area contributed by atoms with E-state index in [0.717, 1.165) is 11.3 Å². The summed E-state index contributed by atoms with van der Waals surface area (Å²) in [6.45, 7) is 1.87. The van der Waals surface area contributed by atoms with Crippen LogP contribution in [0.15, 0.2) is 95.2 Å². The van der Waals surface area contributed by atoms with Gasteiger partial charge < -0.3 is 13.5 Å². The monoisotopic (exact) mass is 615 g/mol. The number of nitrogens with zero attached hydrogens (tertiary/aromatic N) is 2. The lowest BCUT2D eigenvalue weighted by atomic mass is 10.1. The molecule has 0 radical (unpaired) electrons. The molecule has 0 fully saturated rings. The summed E-state index contributed by atoms with van der Waals surface area (Å²) in [6, 6.07) is 20.6. The van der Waals surface area contributed by atoms with Crippen molar-refractivity contribution in [3.05, 3.63) is 105 Å². The van der Waals surface area contributed by atoms with Crippen LogP contribution in [0, 0.1) is 10.5 Å². The Balaban J connectivity index is 1.52. The summed E-state index contributed by atoms with van der Waals surface area (Å²) in [7, 11) is -2.64. The van der Waals surface area contributed by atoms with Gasteiger partial charge in [-0.25, -0.2) is 5.43 Å². The van der Waals surface area contributed by atoms with E-state index in [1.807, 2.05) is 70.7 Å². The highest BCUT2D eigenvalue weighted by molar-refractivity contribution is 14.1. The van der Waals surface area contributed by atoms with Crippen molar-refractivity contribution in [1.82, 2.24) is 9.99 Å². The van der Waals surface area contributed by atoms with Crippen LogP contribution in [0.2, 0.25) is 0 Å². The predicted octanol–water partition coefficient (Wildman–Crippen LogP) is 4.93. The van der Waals surface area contributed by atoms with E-state index in [0.29, 0.717) is 14.7 Å². The number of para-hydroxylation sites is 1. The lowest BCUT2D eigenvalue weighted by Gasteiger charge is -2.13. The average molecular weight is 615 g/mol. The van der Waals surface area contributed by atoms with Crippen molar-refractivity contribution in [2.24, 2.45) is 5.10 Å². The van der Waals surface area contributed by atoms with Crippen LogP contribution in [-0.4, -0.2) is 32.2 Å². The van der Waals surface area contributed by atoms with Crippen LogP contribution in [0.5, 0.6) is 11.5 Å². The molecule has 0 bridgehead atoms. The maximum absolute atomic E-state index is 12.8. The van der Waals surface area contributed by atoms with E-state index < -0.39 is 10.1 Å². The Morgan fingerprint density at radius 1 is 1.03 bits per heavy atom. The van der Waals surface area contributed by atoms with Gasteiger partial charge in [-0.3, -0.25) is 4.79 Å². The minimum Gasteiger partial charge on any atom is -0.493 e. The van der Waals surface area contributed by atoms with Crippen LogP contribution in [0.1, 0.15) is 21.5 Å². The van der Waals surface area contributed by atoms with Crippen molar-refractivity contribution in [1.29, 1.82) is 0 Å².